The van der Waals surface area contributed by atoms with E-state index in [-0.39, 0.29) is 43.3 Å². The SMILES string of the molecule is Cc1cc(C)c(Oc2nc(C3=CCC(C(F)(F)F)CC3)ccc2C(=O)NS(=O)(=O)c2cccc(C)n2)c(C)c1.N.[HH]. The van der Waals surface area contributed by atoms with Crippen LogP contribution >= 0.6 is 0 Å². The van der Waals surface area contributed by atoms with E-state index in [0.29, 0.717) is 22.7 Å². The van der Waals surface area contributed by atoms with Crippen LogP contribution in [-0.4, -0.2) is 30.5 Å². The molecule has 2 heterocycles. The molecule has 1 aromatic carbocycles. The quantitative estimate of drug-likeness (QED) is 0.329. The fraction of sp³-hybridized carbons (Fsp3) is 0.321. The molecule has 3 aromatic rings. The minimum Gasteiger partial charge on any atom is -0.438 e. The predicted molar refractivity (Wildman–Crippen MR) is 147 cm³/mol. The second kappa shape index (κ2) is 11.8. The third-order valence-corrected chi connectivity index (χ3v) is 7.71. The van der Waals surface area contributed by atoms with Gasteiger partial charge in [0.1, 0.15) is 11.3 Å². The Balaban J connectivity index is 0.00000294. The number of aryl methyl sites for hydroxylation is 4. The lowest BCUT2D eigenvalue weighted by Gasteiger charge is -2.24. The number of allylic oxidation sites excluding steroid dienone is 2. The standard InChI is InChI=1S/C28H28F3N3O4S.H3N.H2/c1-16-14-17(2)25(18(3)15-16)38-27-22(26(35)34-39(36,37)24-7-5-6-19(4)32-24)12-13-23(33-27)20-8-10-21(11-9-20)28(29,30)31;;/h5-8,12-15,21H,9-11H2,1-4H3,(H,34,35);1H3;1H. The molecular formula is C28H33F3N4O4S. The van der Waals surface area contributed by atoms with E-state index in [0.717, 1.165) is 16.7 Å². The van der Waals surface area contributed by atoms with Gasteiger partial charge in [-0.3, -0.25) is 4.79 Å². The minimum absolute atomic E-state index is 0. The zero-order valence-electron chi connectivity index (χ0n) is 22.6. The summed E-state index contributed by atoms with van der Waals surface area (Å²) in [4.78, 5) is 21.7. The summed E-state index contributed by atoms with van der Waals surface area (Å²) in [5, 5.41) is -0.320. The van der Waals surface area contributed by atoms with Crippen molar-refractivity contribution in [3.63, 3.8) is 0 Å². The largest absolute Gasteiger partial charge is 0.438 e. The molecule has 0 radical (unpaired) electrons. The van der Waals surface area contributed by atoms with Crippen LogP contribution in [0, 0.1) is 33.6 Å². The molecule has 1 amide bonds. The van der Waals surface area contributed by atoms with Crippen molar-refractivity contribution in [1.29, 1.82) is 0 Å². The molecule has 0 saturated heterocycles. The molecule has 0 fully saturated rings. The molecule has 12 heteroatoms. The zero-order chi connectivity index (χ0) is 28.5. The van der Waals surface area contributed by atoms with Crippen molar-refractivity contribution in [2.24, 2.45) is 5.92 Å². The molecule has 1 unspecified atom stereocenters. The van der Waals surface area contributed by atoms with Gasteiger partial charge in [0.05, 0.1) is 11.6 Å². The molecule has 1 aliphatic rings. The topological polar surface area (TPSA) is 133 Å². The number of alkyl halides is 3. The number of nitrogens with one attached hydrogen (secondary N) is 1. The summed E-state index contributed by atoms with van der Waals surface area (Å²) in [6, 6.07) is 11.0. The zero-order valence-corrected chi connectivity index (χ0v) is 23.4. The number of ether oxygens (including phenoxy) is 1. The van der Waals surface area contributed by atoms with Crippen molar-refractivity contribution in [2.45, 2.75) is 58.2 Å². The Morgan fingerprint density at radius 2 is 1.73 bits per heavy atom. The van der Waals surface area contributed by atoms with Gasteiger partial charge in [-0.05, 0) is 87.9 Å². The van der Waals surface area contributed by atoms with Crippen LogP contribution in [0.4, 0.5) is 13.2 Å². The summed E-state index contributed by atoms with van der Waals surface area (Å²) < 4.78 is 73.2. The summed E-state index contributed by atoms with van der Waals surface area (Å²) in [6.45, 7) is 7.20. The van der Waals surface area contributed by atoms with Gasteiger partial charge >= 0.3 is 6.18 Å². The lowest BCUT2D eigenvalue weighted by Crippen LogP contribution is -2.31. The number of benzene rings is 1. The van der Waals surface area contributed by atoms with E-state index in [1.54, 1.807) is 13.0 Å². The van der Waals surface area contributed by atoms with Crippen LogP contribution in [0.2, 0.25) is 0 Å². The van der Waals surface area contributed by atoms with Crippen LogP contribution in [0.5, 0.6) is 11.6 Å². The number of hydrogen-bond donors (Lipinski definition) is 2. The van der Waals surface area contributed by atoms with Gasteiger partial charge in [-0.25, -0.2) is 14.7 Å². The normalized spacial score (nSPS) is 15.6. The molecule has 4 rings (SSSR count). The summed E-state index contributed by atoms with van der Waals surface area (Å²) >= 11 is 0. The van der Waals surface area contributed by atoms with Gasteiger partial charge in [0, 0.05) is 7.12 Å². The van der Waals surface area contributed by atoms with Crippen LogP contribution in [-0.2, 0) is 10.0 Å². The van der Waals surface area contributed by atoms with Gasteiger partial charge in [-0.2, -0.15) is 21.6 Å². The molecule has 40 heavy (non-hydrogen) atoms. The highest BCUT2D eigenvalue weighted by molar-refractivity contribution is 7.90. The van der Waals surface area contributed by atoms with Crippen molar-refractivity contribution in [3.05, 3.63) is 82.2 Å². The molecule has 2 aromatic heterocycles. The molecule has 0 spiro atoms. The fourth-order valence-electron chi connectivity index (χ4n) is 4.56. The van der Waals surface area contributed by atoms with Gasteiger partial charge in [0.25, 0.3) is 15.9 Å². The van der Waals surface area contributed by atoms with Gasteiger partial charge in [-0.15, -0.1) is 0 Å². The Morgan fingerprint density at radius 3 is 2.30 bits per heavy atom. The Kier molecular flexibility index (Phi) is 9.05. The Hall–Kier alpha value is -3.77. The summed E-state index contributed by atoms with van der Waals surface area (Å²) in [5.41, 5.74) is 3.80. The van der Waals surface area contributed by atoms with Crippen molar-refractivity contribution in [1.82, 2.24) is 20.8 Å². The highest BCUT2D eigenvalue weighted by atomic mass is 32.2. The van der Waals surface area contributed by atoms with E-state index in [4.69, 9.17) is 4.74 Å². The first-order chi connectivity index (χ1) is 18.2. The molecule has 216 valence electrons. The lowest BCUT2D eigenvalue weighted by molar-refractivity contribution is -0.175. The first-order valence-corrected chi connectivity index (χ1v) is 13.8. The third kappa shape index (κ3) is 6.86. The van der Waals surface area contributed by atoms with Gasteiger partial charge in [0.2, 0.25) is 5.88 Å². The second-order valence-electron chi connectivity index (χ2n) is 9.67. The molecule has 0 bridgehead atoms. The maximum absolute atomic E-state index is 13.2. The molecule has 1 atom stereocenters. The van der Waals surface area contributed by atoms with Crippen molar-refractivity contribution in [3.8, 4) is 11.6 Å². The summed E-state index contributed by atoms with van der Waals surface area (Å²) in [6.07, 6.45) is -2.87. The van der Waals surface area contributed by atoms with E-state index in [9.17, 15) is 26.4 Å². The first kappa shape index (κ1) is 30.8. The average molecular weight is 579 g/mol. The molecule has 0 saturated carbocycles. The number of sulfonamides is 1. The highest BCUT2D eigenvalue weighted by Crippen LogP contribution is 2.40. The van der Waals surface area contributed by atoms with Crippen LogP contribution in [0.15, 0.2) is 53.6 Å². The molecule has 1 aliphatic carbocycles. The number of nitrogens with zero attached hydrogens (tertiary/aromatic N) is 2. The number of amides is 1. The van der Waals surface area contributed by atoms with Gasteiger partial charge in [0.15, 0.2) is 5.03 Å². The molecule has 0 aliphatic heterocycles. The molecule has 8 nitrogen and oxygen atoms in total. The number of hydrogen-bond acceptors (Lipinski definition) is 7. The maximum Gasteiger partial charge on any atom is 0.392 e. The van der Waals surface area contributed by atoms with E-state index in [1.807, 2.05) is 37.6 Å². The van der Waals surface area contributed by atoms with Crippen LogP contribution < -0.4 is 15.6 Å². The van der Waals surface area contributed by atoms with E-state index in [2.05, 4.69) is 9.97 Å². The van der Waals surface area contributed by atoms with Crippen LogP contribution in [0.3, 0.4) is 0 Å². The number of aromatic nitrogens is 2. The van der Waals surface area contributed by atoms with Crippen molar-refractivity contribution < 1.29 is 32.5 Å². The molecule has 4 N–H and O–H groups in total. The van der Waals surface area contributed by atoms with E-state index >= 15 is 0 Å². The van der Waals surface area contributed by atoms with Gasteiger partial charge < -0.3 is 10.9 Å². The summed E-state index contributed by atoms with van der Waals surface area (Å²) in [7, 11) is -4.30. The first-order valence-electron chi connectivity index (χ1n) is 12.3. The molecular weight excluding hydrogens is 545 g/mol. The predicted octanol–water partition coefficient (Wildman–Crippen LogP) is 6.78. The number of rotatable bonds is 6. The van der Waals surface area contributed by atoms with Crippen molar-refractivity contribution >= 4 is 21.5 Å². The minimum atomic E-state index is -4.30. The summed E-state index contributed by atoms with van der Waals surface area (Å²) in [5.74, 6) is -2.12. The Bertz CT molecular complexity index is 1550. The average Bonchev–Trinajstić information content (AvgIpc) is 2.85. The van der Waals surface area contributed by atoms with E-state index < -0.39 is 28.0 Å². The number of halogens is 3. The smallest absolute Gasteiger partial charge is 0.392 e. The van der Waals surface area contributed by atoms with Crippen LogP contribution in [0.25, 0.3) is 5.57 Å². The monoisotopic (exact) mass is 578 g/mol. The maximum atomic E-state index is 13.2. The Labute approximate surface area is 232 Å². The lowest BCUT2D eigenvalue weighted by atomic mass is 9.87. The highest BCUT2D eigenvalue weighted by Gasteiger charge is 2.40. The van der Waals surface area contributed by atoms with Crippen LogP contribution in [0.1, 0.15) is 59.1 Å². The Morgan fingerprint density at radius 1 is 1.05 bits per heavy atom. The van der Waals surface area contributed by atoms with Crippen molar-refractivity contribution in [2.75, 3.05) is 0 Å². The van der Waals surface area contributed by atoms with Gasteiger partial charge in [-0.1, -0.05) is 29.8 Å². The number of pyridine rings is 2. The number of carbonyl (C=O) groups is 1. The third-order valence-electron chi connectivity index (χ3n) is 6.48. The second-order valence-corrected chi connectivity index (χ2v) is 11.3. The number of carbonyl (C=O) groups excluding carboxylic acids is 1. The fourth-order valence-corrected chi connectivity index (χ4v) is 5.54. The van der Waals surface area contributed by atoms with E-state index in [1.165, 1.54) is 30.3 Å².